The fourth-order valence-corrected chi connectivity index (χ4v) is 1.67. The van der Waals surface area contributed by atoms with E-state index in [2.05, 4.69) is 15.7 Å². The van der Waals surface area contributed by atoms with Gasteiger partial charge < -0.3 is 10.6 Å². The second-order valence-corrected chi connectivity index (χ2v) is 4.38. The first-order chi connectivity index (χ1) is 8.69. The van der Waals surface area contributed by atoms with Crippen LogP contribution < -0.4 is 10.6 Å². The summed E-state index contributed by atoms with van der Waals surface area (Å²) in [5, 5.41) is 11.3. The predicted molar refractivity (Wildman–Crippen MR) is 71.3 cm³/mol. The second kappa shape index (κ2) is 5.64. The molecule has 2 N–H and O–H groups in total. The van der Waals surface area contributed by atoms with E-state index in [0.29, 0.717) is 6.54 Å². The Labute approximate surface area is 106 Å². The Balaban J connectivity index is 1.94. The Kier molecular flexibility index (Phi) is 3.94. The van der Waals surface area contributed by atoms with Crippen molar-refractivity contribution < 1.29 is 4.79 Å². The van der Waals surface area contributed by atoms with E-state index in [1.54, 1.807) is 4.68 Å². The van der Waals surface area contributed by atoms with Crippen LogP contribution in [0.15, 0.2) is 30.5 Å². The quantitative estimate of drug-likeness (QED) is 0.819. The average molecular weight is 246 g/mol. The summed E-state index contributed by atoms with van der Waals surface area (Å²) in [7, 11) is 1.87. The Morgan fingerprint density at radius 1 is 1.44 bits per heavy atom. The van der Waals surface area contributed by atoms with Crippen molar-refractivity contribution in [3.63, 3.8) is 0 Å². The van der Waals surface area contributed by atoms with Gasteiger partial charge in [-0.1, -0.05) is 18.2 Å². The van der Waals surface area contributed by atoms with Gasteiger partial charge >= 0.3 is 0 Å². The van der Waals surface area contributed by atoms with Crippen LogP contribution in [0.2, 0.25) is 0 Å². The summed E-state index contributed by atoms with van der Waals surface area (Å²) in [6, 6.07) is 8.09. The van der Waals surface area contributed by atoms with Crippen molar-refractivity contribution >= 4 is 16.8 Å². The largest absolute Gasteiger partial charge is 0.353 e. The minimum absolute atomic E-state index is 0.0232. The van der Waals surface area contributed by atoms with Gasteiger partial charge in [-0.2, -0.15) is 5.10 Å². The second-order valence-electron chi connectivity index (χ2n) is 4.38. The van der Waals surface area contributed by atoms with Crippen molar-refractivity contribution in [1.29, 1.82) is 0 Å². The van der Waals surface area contributed by atoms with Gasteiger partial charge in [0, 0.05) is 24.2 Å². The summed E-state index contributed by atoms with van der Waals surface area (Å²) in [6.45, 7) is 2.89. The summed E-state index contributed by atoms with van der Waals surface area (Å²) in [6.07, 6.45) is 1.89. The molecule has 0 fully saturated rings. The van der Waals surface area contributed by atoms with Crippen LogP contribution in [0.3, 0.4) is 0 Å². The summed E-state index contributed by atoms with van der Waals surface area (Å²) < 4.78 is 1.67. The van der Waals surface area contributed by atoms with Gasteiger partial charge in [-0.3, -0.25) is 9.48 Å². The standard InChI is InChI=1S/C13H18N4O/c1-10(14-2)7-15-13(18)9-17-8-11-5-3-4-6-12(11)16-17/h3-6,8,10,14H,7,9H2,1-2H3,(H,15,18). The maximum Gasteiger partial charge on any atom is 0.241 e. The lowest BCUT2D eigenvalue weighted by Crippen LogP contribution is -2.38. The first-order valence-electron chi connectivity index (χ1n) is 6.05. The van der Waals surface area contributed by atoms with Crippen molar-refractivity contribution in [2.24, 2.45) is 0 Å². The molecule has 5 nitrogen and oxygen atoms in total. The molecule has 0 spiro atoms. The molecule has 1 amide bonds. The van der Waals surface area contributed by atoms with Gasteiger partial charge in [0.1, 0.15) is 6.54 Å². The number of fused-ring (bicyclic) bond motifs is 1. The van der Waals surface area contributed by atoms with E-state index in [9.17, 15) is 4.79 Å². The molecule has 1 aromatic carbocycles. The number of nitrogens with zero attached hydrogens (tertiary/aromatic N) is 2. The third-order valence-corrected chi connectivity index (χ3v) is 2.86. The molecule has 0 saturated carbocycles. The molecular weight excluding hydrogens is 228 g/mol. The maximum absolute atomic E-state index is 11.7. The van der Waals surface area contributed by atoms with Gasteiger partial charge in [-0.05, 0) is 20.0 Å². The lowest BCUT2D eigenvalue weighted by Gasteiger charge is -2.11. The topological polar surface area (TPSA) is 58.9 Å². The lowest BCUT2D eigenvalue weighted by atomic mass is 10.3. The molecule has 5 heteroatoms. The number of rotatable bonds is 5. The summed E-state index contributed by atoms with van der Waals surface area (Å²) in [5.74, 6) is -0.0232. The van der Waals surface area contributed by atoms with Crippen LogP contribution >= 0.6 is 0 Å². The van der Waals surface area contributed by atoms with Crippen molar-refractivity contribution in [1.82, 2.24) is 20.4 Å². The number of carbonyl (C=O) groups is 1. The van der Waals surface area contributed by atoms with E-state index in [4.69, 9.17) is 0 Å². The highest BCUT2D eigenvalue weighted by Crippen LogP contribution is 2.10. The molecule has 0 radical (unpaired) electrons. The third kappa shape index (κ3) is 3.07. The molecule has 0 bridgehead atoms. The molecule has 2 aromatic rings. The van der Waals surface area contributed by atoms with Crippen LogP contribution in [-0.2, 0) is 11.3 Å². The minimum atomic E-state index is -0.0232. The Morgan fingerprint density at radius 3 is 2.94 bits per heavy atom. The zero-order valence-corrected chi connectivity index (χ0v) is 10.7. The van der Waals surface area contributed by atoms with E-state index < -0.39 is 0 Å². The van der Waals surface area contributed by atoms with Crippen LogP contribution in [0.25, 0.3) is 10.9 Å². The molecule has 96 valence electrons. The van der Waals surface area contributed by atoms with Crippen LogP contribution in [0.1, 0.15) is 6.92 Å². The van der Waals surface area contributed by atoms with Gasteiger partial charge in [0.05, 0.1) is 5.52 Å². The van der Waals surface area contributed by atoms with E-state index in [1.165, 1.54) is 0 Å². The molecule has 18 heavy (non-hydrogen) atoms. The number of hydrogen-bond donors (Lipinski definition) is 2. The summed E-state index contributed by atoms with van der Waals surface area (Å²) in [5.41, 5.74) is 0.911. The van der Waals surface area contributed by atoms with E-state index in [1.807, 2.05) is 44.4 Å². The van der Waals surface area contributed by atoms with Crippen molar-refractivity contribution in [2.45, 2.75) is 19.5 Å². The van der Waals surface area contributed by atoms with Crippen LogP contribution in [0.4, 0.5) is 0 Å². The number of hydrogen-bond acceptors (Lipinski definition) is 3. The zero-order valence-electron chi connectivity index (χ0n) is 10.7. The number of aromatic nitrogens is 2. The average Bonchev–Trinajstić information content (AvgIpc) is 2.77. The SMILES string of the molecule is CNC(C)CNC(=O)Cn1cc2ccccc2n1. The molecule has 1 unspecified atom stereocenters. The van der Waals surface area contributed by atoms with Crippen molar-refractivity contribution in [3.05, 3.63) is 30.5 Å². The predicted octanol–water partition coefficient (Wildman–Crippen LogP) is 0.760. The molecule has 0 aliphatic heterocycles. The molecular formula is C13H18N4O. The normalized spacial score (nSPS) is 12.6. The maximum atomic E-state index is 11.7. The highest BCUT2D eigenvalue weighted by Gasteiger charge is 2.06. The summed E-state index contributed by atoms with van der Waals surface area (Å²) in [4.78, 5) is 11.7. The fourth-order valence-electron chi connectivity index (χ4n) is 1.67. The molecule has 0 saturated heterocycles. The Morgan fingerprint density at radius 2 is 2.22 bits per heavy atom. The van der Waals surface area contributed by atoms with Gasteiger partial charge in [-0.25, -0.2) is 0 Å². The smallest absolute Gasteiger partial charge is 0.241 e. The highest BCUT2D eigenvalue weighted by atomic mass is 16.2. The number of amides is 1. The van der Waals surface area contributed by atoms with E-state index in [-0.39, 0.29) is 18.5 Å². The monoisotopic (exact) mass is 246 g/mol. The van der Waals surface area contributed by atoms with Gasteiger partial charge in [0.15, 0.2) is 0 Å². The zero-order chi connectivity index (χ0) is 13.0. The Hall–Kier alpha value is -1.88. The number of benzene rings is 1. The summed E-state index contributed by atoms with van der Waals surface area (Å²) >= 11 is 0. The first kappa shape index (κ1) is 12.6. The van der Waals surface area contributed by atoms with Crippen molar-refractivity contribution in [3.8, 4) is 0 Å². The lowest BCUT2D eigenvalue weighted by molar-refractivity contribution is -0.121. The van der Waals surface area contributed by atoms with Crippen molar-refractivity contribution in [2.75, 3.05) is 13.6 Å². The first-order valence-corrected chi connectivity index (χ1v) is 6.05. The number of nitrogens with one attached hydrogen (secondary N) is 2. The highest BCUT2D eigenvalue weighted by molar-refractivity contribution is 5.79. The molecule has 1 heterocycles. The molecule has 2 rings (SSSR count). The molecule has 1 aromatic heterocycles. The minimum Gasteiger partial charge on any atom is -0.353 e. The fraction of sp³-hybridized carbons (Fsp3) is 0.385. The Bertz CT molecular complexity index is 502. The third-order valence-electron chi connectivity index (χ3n) is 2.86. The number of likely N-dealkylation sites (N-methyl/N-ethyl adjacent to an activating group) is 1. The van der Waals surface area contributed by atoms with Gasteiger partial charge in [0.2, 0.25) is 5.91 Å². The van der Waals surface area contributed by atoms with Crippen LogP contribution in [0, 0.1) is 0 Å². The molecule has 0 aliphatic carbocycles. The molecule has 1 atom stereocenters. The van der Waals surface area contributed by atoms with Gasteiger partial charge in [-0.15, -0.1) is 0 Å². The molecule has 0 aliphatic rings. The van der Waals surface area contributed by atoms with E-state index in [0.717, 1.165) is 10.9 Å². The van der Waals surface area contributed by atoms with Crippen LogP contribution in [0.5, 0.6) is 0 Å². The van der Waals surface area contributed by atoms with Gasteiger partial charge in [0.25, 0.3) is 0 Å². The van der Waals surface area contributed by atoms with E-state index >= 15 is 0 Å². The van der Waals surface area contributed by atoms with Crippen LogP contribution in [-0.4, -0.2) is 35.3 Å². The number of carbonyl (C=O) groups excluding carboxylic acids is 1.